The van der Waals surface area contributed by atoms with E-state index in [1.54, 1.807) is 0 Å². The zero-order valence-electron chi connectivity index (χ0n) is 10.1. The van der Waals surface area contributed by atoms with Crippen molar-refractivity contribution in [3.8, 4) is 0 Å². The summed E-state index contributed by atoms with van der Waals surface area (Å²) in [6, 6.07) is 0. The molecule has 4 heteroatoms. The van der Waals surface area contributed by atoms with Crippen LogP contribution < -0.4 is 10.2 Å². The summed E-state index contributed by atoms with van der Waals surface area (Å²) in [4.78, 5) is 21.5. The van der Waals surface area contributed by atoms with E-state index in [1.807, 2.05) is 13.8 Å². The molecule has 0 aliphatic carbocycles. The molecule has 0 atom stereocenters. The molecule has 0 saturated carbocycles. The van der Waals surface area contributed by atoms with Crippen LogP contribution in [-0.2, 0) is 9.59 Å². The van der Waals surface area contributed by atoms with Crippen molar-refractivity contribution >= 4 is 11.9 Å². The van der Waals surface area contributed by atoms with Crippen LogP contribution in [0.5, 0.6) is 0 Å². The van der Waals surface area contributed by atoms with Gasteiger partial charge in [0.25, 0.3) is 0 Å². The third kappa shape index (κ3) is 4.64. The Kier molecular flexibility index (Phi) is 6.77. The van der Waals surface area contributed by atoms with Crippen molar-refractivity contribution < 1.29 is 19.8 Å². The normalized spacial score (nSPS) is 11.4. The monoisotopic (exact) mass is 228 g/mol. The van der Waals surface area contributed by atoms with Gasteiger partial charge in [0.05, 0.1) is 0 Å². The molecule has 0 radical (unpaired) electrons. The number of aliphatic carboxylic acids is 2. The lowest BCUT2D eigenvalue weighted by Crippen LogP contribution is -2.42. The lowest BCUT2D eigenvalue weighted by Gasteiger charge is -2.35. The van der Waals surface area contributed by atoms with E-state index < -0.39 is 17.4 Å². The Morgan fingerprint density at radius 3 is 1.81 bits per heavy atom. The highest BCUT2D eigenvalue weighted by Gasteiger charge is 2.29. The van der Waals surface area contributed by atoms with E-state index in [2.05, 4.69) is 0 Å². The Bertz CT molecular complexity index is 229. The van der Waals surface area contributed by atoms with Crippen molar-refractivity contribution in [3.63, 3.8) is 0 Å². The van der Waals surface area contributed by atoms with Crippen LogP contribution >= 0.6 is 0 Å². The van der Waals surface area contributed by atoms with Gasteiger partial charge in [0, 0.05) is 17.4 Å². The minimum absolute atomic E-state index is 0.0809. The fourth-order valence-corrected chi connectivity index (χ4v) is 2.21. The molecule has 0 rings (SSSR count). The summed E-state index contributed by atoms with van der Waals surface area (Å²) in [5.74, 6) is -2.17. The topological polar surface area (TPSA) is 80.3 Å². The summed E-state index contributed by atoms with van der Waals surface area (Å²) in [5.41, 5.74) is -0.848. The lowest BCUT2D eigenvalue weighted by molar-refractivity contribution is -0.321. The first-order chi connectivity index (χ1) is 7.48. The smallest absolute Gasteiger partial charge is 0.0476 e. The minimum Gasteiger partial charge on any atom is -0.550 e. The van der Waals surface area contributed by atoms with E-state index in [0.717, 1.165) is 12.8 Å². The molecule has 0 fully saturated rings. The maximum atomic E-state index is 11.2. The summed E-state index contributed by atoms with van der Waals surface area (Å²) in [7, 11) is 0. The van der Waals surface area contributed by atoms with E-state index in [-0.39, 0.29) is 6.42 Å². The molecule has 94 valence electrons. The van der Waals surface area contributed by atoms with Crippen molar-refractivity contribution in [2.45, 2.75) is 58.8 Å². The first kappa shape index (κ1) is 14.9. The Labute approximate surface area is 96.7 Å². The average molecular weight is 228 g/mol. The quantitative estimate of drug-likeness (QED) is 0.566. The molecule has 0 aromatic carbocycles. The van der Waals surface area contributed by atoms with E-state index >= 15 is 0 Å². The van der Waals surface area contributed by atoms with Crippen molar-refractivity contribution in [2.24, 2.45) is 5.41 Å². The molecule has 0 heterocycles. The van der Waals surface area contributed by atoms with Crippen molar-refractivity contribution in [1.82, 2.24) is 0 Å². The van der Waals surface area contributed by atoms with Crippen LogP contribution in [0.1, 0.15) is 58.8 Å². The molecule has 0 aliphatic rings. The standard InChI is InChI=1S/C12H22O4/c1-3-7-12(8-4-2,11(15)16)9-5-6-10(13)14/h3-9H2,1-2H3,(H,13,14)(H,15,16)/p-2. The number of carboxylic acid groups (broad SMARTS) is 2. The summed E-state index contributed by atoms with van der Waals surface area (Å²) in [6.45, 7) is 3.85. The van der Waals surface area contributed by atoms with Crippen LogP contribution in [0.2, 0.25) is 0 Å². The number of rotatable bonds is 9. The molecule has 0 unspecified atom stereocenters. The van der Waals surface area contributed by atoms with E-state index in [9.17, 15) is 19.8 Å². The first-order valence-electron chi connectivity index (χ1n) is 5.89. The van der Waals surface area contributed by atoms with Crippen LogP contribution in [0.3, 0.4) is 0 Å². The maximum absolute atomic E-state index is 11.2. The molecule has 0 N–H and O–H groups in total. The van der Waals surface area contributed by atoms with E-state index in [1.165, 1.54) is 0 Å². The number of hydrogen-bond donors (Lipinski definition) is 0. The minimum atomic E-state index is -1.12. The zero-order valence-corrected chi connectivity index (χ0v) is 10.1. The second-order valence-electron chi connectivity index (χ2n) is 4.29. The van der Waals surface area contributed by atoms with Gasteiger partial charge in [0.2, 0.25) is 0 Å². The molecule has 0 spiro atoms. The van der Waals surface area contributed by atoms with Gasteiger partial charge in [-0.3, -0.25) is 0 Å². The Hall–Kier alpha value is -1.06. The van der Waals surface area contributed by atoms with Gasteiger partial charge in [-0.25, -0.2) is 0 Å². The molecular weight excluding hydrogens is 208 g/mol. The van der Waals surface area contributed by atoms with Gasteiger partial charge in [-0.2, -0.15) is 0 Å². The summed E-state index contributed by atoms with van der Waals surface area (Å²) >= 11 is 0. The summed E-state index contributed by atoms with van der Waals surface area (Å²) < 4.78 is 0. The highest BCUT2D eigenvalue weighted by Crippen LogP contribution is 2.34. The number of carbonyl (C=O) groups is 2. The molecule has 16 heavy (non-hydrogen) atoms. The van der Waals surface area contributed by atoms with Gasteiger partial charge in [-0.05, 0) is 32.1 Å². The van der Waals surface area contributed by atoms with Crippen LogP contribution in [0.25, 0.3) is 0 Å². The first-order valence-corrected chi connectivity index (χ1v) is 5.89. The predicted octanol–water partition coefficient (Wildman–Crippen LogP) is 0.243. The SMILES string of the molecule is CCCC(CCC)(CCCC(=O)[O-])C(=O)[O-]. The van der Waals surface area contributed by atoms with Gasteiger partial charge >= 0.3 is 0 Å². The molecule has 0 saturated heterocycles. The van der Waals surface area contributed by atoms with E-state index in [0.29, 0.717) is 25.7 Å². The molecular formula is C12H20O4-2. The summed E-state index contributed by atoms with van der Waals surface area (Å²) in [5, 5.41) is 21.5. The third-order valence-corrected chi connectivity index (χ3v) is 2.93. The van der Waals surface area contributed by atoms with Gasteiger partial charge in [0.15, 0.2) is 0 Å². The maximum Gasteiger partial charge on any atom is 0.0476 e. The number of carbonyl (C=O) groups excluding carboxylic acids is 2. The van der Waals surface area contributed by atoms with Gasteiger partial charge in [0.1, 0.15) is 0 Å². The van der Waals surface area contributed by atoms with Crippen molar-refractivity contribution in [3.05, 3.63) is 0 Å². The molecule has 0 bridgehead atoms. The van der Waals surface area contributed by atoms with Gasteiger partial charge in [-0.1, -0.05) is 26.7 Å². The highest BCUT2D eigenvalue weighted by molar-refractivity contribution is 5.72. The van der Waals surface area contributed by atoms with Crippen LogP contribution in [-0.4, -0.2) is 11.9 Å². The molecule has 0 aromatic heterocycles. The van der Waals surface area contributed by atoms with Gasteiger partial charge < -0.3 is 19.8 Å². The van der Waals surface area contributed by atoms with E-state index in [4.69, 9.17) is 0 Å². The number of hydrogen-bond acceptors (Lipinski definition) is 4. The van der Waals surface area contributed by atoms with Crippen molar-refractivity contribution in [2.75, 3.05) is 0 Å². The average Bonchev–Trinajstić information content (AvgIpc) is 2.17. The molecule has 0 aromatic rings. The largest absolute Gasteiger partial charge is 0.550 e. The second-order valence-corrected chi connectivity index (χ2v) is 4.29. The van der Waals surface area contributed by atoms with Gasteiger partial charge in [-0.15, -0.1) is 0 Å². The lowest BCUT2D eigenvalue weighted by atomic mass is 9.75. The Morgan fingerprint density at radius 1 is 1.00 bits per heavy atom. The fourth-order valence-electron chi connectivity index (χ4n) is 2.21. The van der Waals surface area contributed by atoms with Crippen LogP contribution in [0.15, 0.2) is 0 Å². The third-order valence-electron chi connectivity index (χ3n) is 2.93. The van der Waals surface area contributed by atoms with Crippen LogP contribution in [0, 0.1) is 5.41 Å². The molecule has 0 aliphatic heterocycles. The number of carboxylic acids is 2. The summed E-state index contributed by atoms with van der Waals surface area (Å²) in [6.07, 6.45) is 3.26. The highest BCUT2D eigenvalue weighted by atomic mass is 16.4. The predicted molar refractivity (Wildman–Crippen MR) is 56.1 cm³/mol. The zero-order chi connectivity index (χ0) is 12.6. The molecule has 4 nitrogen and oxygen atoms in total. The fraction of sp³-hybridized carbons (Fsp3) is 0.833. The molecule has 0 amide bonds. The van der Waals surface area contributed by atoms with Crippen molar-refractivity contribution in [1.29, 1.82) is 0 Å². The Balaban J connectivity index is 4.48. The second kappa shape index (κ2) is 7.25. The van der Waals surface area contributed by atoms with Crippen LogP contribution in [0.4, 0.5) is 0 Å². The Morgan fingerprint density at radius 2 is 1.50 bits per heavy atom.